The molecule has 11 rings (SSSR count). The Morgan fingerprint density at radius 1 is 0.333 bits per heavy atom. The van der Waals surface area contributed by atoms with Crippen LogP contribution in [0.15, 0.2) is 164 Å². The first-order chi connectivity index (χ1) is 25.3. The summed E-state index contributed by atoms with van der Waals surface area (Å²) in [7, 11) is 0. The zero-order chi connectivity index (χ0) is 33.5. The molecule has 0 saturated heterocycles. The standard InChI is InChI=1S/C47H27N3S/c1-3-11-28(12-4-1)31-21-22-33-26-34(24-23-32(33)25-31)46-48-45(30-13-5-2-6-14-30)49-47(50-46)44-42-37-19-10-16-29-15-9-18-35(41(29)37)38(42)27-40-43(44)36-17-7-8-20-39(36)51-40/h1-27H. The zero-order valence-corrected chi connectivity index (χ0v) is 28.2. The van der Waals surface area contributed by atoms with Crippen LogP contribution >= 0.6 is 11.3 Å². The lowest BCUT2D eigenvalue weighted by molar-refractivity contribution is 1.08. The summed E-state index contributed by atoms with van der Waals surface area (Å²) >= 11 is 1.84. The highest BCUT2D eigenvalue weighted by Crippen LogP contribution is 2.55. The molecule has 0 aliphatic heterocycles. The Balaban J connectivity index is 1.20. The van der Waals surface area contributed by atoms with E-state index in [9.17, 15) is 0 Å². The molecule has 0 N–H and O–H groups in total. The molecule has 10 aromatic rings. The van der Waals surface area contributed by atoms with Gasteiger partial charge in [0.15, 0.2) is 17.5 Å². The van der Waals surface area contributed by atoms with Crippen molar-refractivity contribution >= 4 is 53.1 Å². The molecule has 0 fully saturated rings. The maximum absolute atomic E-state index is 5.39. The summed E-state index contributed by atoms with van der Waals surface area (Å²) in [5, 5.41) is 7.28. The van der Waals surface area contributed by atoms with Crippen LogP contribution < -0.4 is 0 Å². The fourth-order valence-electron chi connectivity index (χ4n) is 7.90. The minimum Gasteiger partial charge on any atom is -0.208 e. The van der Waals surface area contributed by atoms with E-state index in [0.29, 0.717) is 17.5 Å². The van der Waals surface area contributed by atoms with Crippen LogP contribution in [-0.2, 0) is 0 Å². The zero-order valence-electron chi connectivity index (χ0n) is 27.3. The molecule has 8 aromatic carbocycles. The Kier molecular flexibility index (Phi) is 6.12. The third-order valence-electron chi connectivity index (χ3n) is 10.2. The van der Waals surface area contributed by atoms with Crippen LogP contribution in [0.1, 0.15) is 0 Å². The van der Waals surface area contributed by atoms with E-state index < -0.39 is 0 Å². The van der Waals surface area contributed by atoms with Crippen molar-refractivity contribution in [2.24, 2.45) is 0 Å². The third kappa shape index (κ3) is 4.40. The molecule has 2 aromatic heterocycles. The van der Waals surface area contributed by atoms with Gasteiger partial charge in [0.1, 0.15) is 0 Å². The first-order valence-electron chi connectivity index (χ1n) is 17.2. The predicted octanol–water partition coefficient (Wildman–Crippen LogP) is 12.9. The molecule has 0 bridgehead atoms. The molecular weight excluding hydrogens is 639 g/mol. The number of aromatic nitrogens is 3. The topological polar surface area (TPSA) is 38.7 Å². The van der Waals surface area contributed by atoms with E-state index >= 15 is 0 Å². The summed E-state index contributed by atoms with van der Waals surface area (Å²) in [6.07, 6.45) is 0. The highest BCUT2D eigenvalue weighted by atomic mass is 32.1. The molecule has 236 valence electrons. The Labute approximate surface area is 298 Å². The maximum Gasteiger partial charge on any atom is 0.165 e. The highest BCUT2D eigenvalue weighted by Gasteiger charge is 2.29. The first kappa shape index (κ1) is 28.4. The minimum atomic E-state index is 0.659. The van der Waals surface area contributed by atoms with Crippen molar-refractivity contribution in [1.29, 1.82) is 0 Å². The van der Waals surface area contributed by atoms with Crippen molar-refractivity contribution in [1.82, 2.24) is 15.0 Å². The van der Waals surface area contributed by atoms with E-state index in [2.05, 4.69) is 146 Å². The average molecular weight is 666 g/mol. The number of nitrogens with zero attached hydrogens (tertiary/aromatic N) is 3. The number of thiophene rings is 1. The molecule has 2 heterocycles. The lowest BCUT2D eigenvalue weighted by Crippen LogP contribution is -2.01. The second kappa shape index (κ2) is 11.0. The van der Waals surface area contributed by atoms with Crippen LogP contribution in [0.5, 0.6) is 0 Å². The smallest absolute Gasteiger partial charge is 0.165 e. The van der Waals surface area contributed by atoms with E-state index in [4.69, 9.17) is 15.0 Å². The molecule has 0 amide bonds. The summed E-state index contributed by atoms with van der Waals surface area (Å²) < 4.78 is 2.49. The normalized spacial score (nSPS) is 11.9. The van der Waals surface area contributed by atoms with Crippen molar-refractivity contribution in [2.45, 2.75) is 0 Å². The summed E-state index contributed by atoms with van der Waals surface area (Å²) in [6, 6.07) is 58.4. The minimum absolute atomic E-state index is 0.659. The van der Waals surface area contributed by atoms with Gasteiger partial charge < -0.3 is 0 Å². The fourth-order valence-corrected chi connectivity index (χ4v) is 9.06. The molecule has 1 aliphatic rings. The molecule has 0 unspecified atom stereocenters. The summed E-state index contributed by atoms with van der Waals surface area (Å²) in [5.74, 6) is 2.01. The van der Waals surface area contributed by atoms with Gasteiger partial charge in [-0.3, -0.25) is 0 Å². The van der Waals surface area contributed by atoms with Gasteiger partial charge in [-0.1, -0.05) is 140 Å². The number of benzene rings is 8. The molecule has 0 saturated carbocycles. The Morgan fingerprint density at radius 3 is 1.75 bits per heavy atom. The summed E-state index contributed by atoms with van der Waals surface area (Å²) in [5.41, 5.74) is 10.3. The van der Waals surface area contributed by atoms with Gasteiger partial charge in [-0.25, -0.2) is 15.0 Å². The molecule has 1 aliphatic carbocycles. The van der Waals surface area contributed by atoms with Crippen molar-refractivity contribution < 1.29 is 0 Å². The van der Waals surface area contributed by atoms with Gasteiger partial charge in [0, 0.05) is 42.4 Å². The number of fused-ring (bicyclic) bond motifs is 7. The van der Waals surface area contributed by atoms with Crippen molar-refractivity contribution in [3.63, 3.8) is 0 Å². The van der Waals surface area contributed by atoms with E-state index in [-0.39, 0.29) is 0 Å². The Morgan fingerprint density at radius 2 is 0.961 bits per heavy atom. The van der Waals surface area contributed by atoms with E-state index in [1.165, 1.54) is 69.7 Å². The average Bonchev–Trinajstić information content (AvgIpc) is 3.73. The van der Waals surface area contributed by atoms with E-state index in [1.54, 1.807) is 0 Å². The Bertz CT molecular complexity index is 3010. The SMILES string of the molecule is c1ccc(-c2ccc3cc(-c4nc(-c5ccccc5)nc(-c5c6c(cc7sc8ccccc8c57)-c5cccc7cccc-6c57)n4)ccc3c2)cc1. The summed E-state index contributed by atoms with van der Waals surface area (Å²) in [6.45, 7) is 0. The lowest BCUT2D eigenvalue weighted by atomic mass is 9.93. The van der Waals surface area contributed by atoms with Crippen molar-refractivity contribution in [2.75, 3.05) is 0 Å². The fraction of sp³-hybridized carbons (Fsp3) is 0. The van der Waals surface area contributed by atoms with E-state index in [1.807, 2.05) is 29.5 Å². The molecule has 0 atom stereocenters. The lowest BCUT2D eigenvalue weighted by Gasteiger charge is -2.14. The first-order valence-corrected chi connectivity index (χ1v) is 18.0. The third-order valence-corrected chi connectivity index (χ3v) is 11.3. The monoisotopic (exact) mass is 665 g/mol. The molecule has 0 radical (unpaired) electrons. The van der Waals surface area contributed by atoms with Crippen molar-refractivity contribution in [3.8, 4) is 67.5 Å². The van der Waals surface area contributed by atoms with Crippen LogP contribution in [0.25, 0.3) is 109 Å². The molecule has 4 heteroatoms. The highest BCUT2D eigenvalue weighted by molar-refractivity contribution is 7.26. The van der Waals surface area contributed by atoms with E-state index in [0.717, 1.165) is 22.1 Å². The quantitative estimate of drug-likeness (QED) is 0.188. The van der Waals surface area contributed by atoms with Gasteiger partial charge in [0.25, 0.3) is 0 Å². The molecule has 51 heavy (non-hydrogen) atoms. The second-order valence-corrected chi connectivity index (χ2v) is 14.3. The largest absolute Gasteiger partial charge is 0.208 e. The Hall–Kier alpha value is -6.49. The van der Waals surface area contributed by atoms with Gasteiger partial charge in [0.2, 0.25) is 0 Å². The van der Waals surface area contributed by atoms with Crippen molar-refractivity contribution in [3.05, 3.63) is 164 Å². The molecule has 3 nitrogen and oxygen atoms in total. The van der Waals surface area contributed by atoms with Gasteiger partial charge in [-0.15, -0.1) is 11.3 Å². The maximum atomic E-state index is 5.39. The van der Waals surface area contributed by atoms with Gasteiger partial charge in [-0.05, 0) is 73.6 Å². The molecule has 0 spiro atoms. The predicted molar refractivity (Wildman–Crippen MR) is 214 cm³/mol. The van der Waals surface area contributed by atoms with Crippen LogP contribution in [0.3, 0.4) is 0 Å². The number of hydrogen-bond donors (Lipinski definition) is 0. The van der Waals surface area contributed by atoms with Crippen LogP contribution in [0.4, 0.5) is 0 Å². The van der Waals surface area contributed by atoms with Gasteiger partial charge in [0.05, 0.1) is 0 Å². The summed E-state index contributed by atoms with van der Waals surface area (Å²) in [4.78, 5) is 15.9. The number of rotatable bonds is 4. The van der Waals surface area contributed by atoms with Gasteiger partial charge >= 0.3 is 0 Å². The number of hydrogen-bond acceptors (Lipinski definition) is 4. The molecular formula is C47H27N3S. The second-order valence-electron chi connectivity index (χ2n) is 13.2. The van der Waals surface area contributed by atoms with Crippen LogP contribution in [-0.4, -0.2) is 15.0 Å². The van der Waals surface area contributed by atoms with Gasteiger partial charge in [-0.2, -0.15) is 0 Å². The van der Waals surface area contributed by atoms with Crippen LogP contribution in [0.2, 0.25) is 0 Å². The van der Waals surface area contributed by atoms with Crippen LogP contribution in [0, 0.1) is 0 Å².